The van der Waals surface area contributed by atoms with Crippen LogP contribution in [0.4, 0.5) is 0 Å². The summed E-state index contributed by atoms with van der Waals surface area (Å²) in [5.74, 6) is -0.829. The van der Waals surface area contributed by atoms with Gasteiger partial charge in [0.1, 0.15) is 5.82 Å². The summed E-state index contributed by atoms with van der Waals surface area (Å²) in [4.78, 5) is 38.4. The summed E-state index contributed by atoms with van der Waals surface area (Å²) in [5, 5.41) is 16.4. The Morgan fingerprint density at radius 3 is 2.92 bits per heavy atom. The quantitative estimate of drug-likeness (QED) is 0.561. The largest absolute Gasteiger partial charge is 0.481 e. The minimum Gasteiger partial charge on any atom is -0.481 e. The molecule has 10 nitrogen and oxygen atoms in total. The number of rotatable bonds is 8. The zero-order valence-corrected chi connectivity index (χ0v) is 13.9. The van der Waals surface area contributed by atoms with Crippen molar-refractivity contribution in [3.05, 3.63) is 43.0 Å². The molecule has 134 valence electrons. The molecule has 1 atom stereocenters. The monoisotopic (exact) mass is 357 g/mol. The maximum absolute atomic E-state index is 12.2. The molecule has 3 rings (SSSR count). The Labute approximate surface area is 148 Å². The van der Waals surface area contributed by atoms with Crippen molar-refractivity contribution < 1.29 is 24.3 Å². The number of aromatic amines is 1. The molecule has 0 aliphatic heterocycles. The Bertz CT molecular complexity index is 905. The number of imidazole rings is 1. The molecule has 2 N–H and O–H groups in total. The van der Waals surface area contributed by atoms with Gasteiger partial charge in [0.25, 0.3) is 0 Å². The van der Waals surface area contributed by atoms with E-state index in [1.165, 1.54) is 16.0 Å². The lowest BCUT2D eigenvalue weighted by atomic mass is 10.0. The van der Waals surface area contributed by atoms with E-state index in [-0.39, 0.29) is 18.7 Å². The second-order valence-corrected chi connectivity index (χ2v) is 5.64. The third-order valence-electron chi connectivity index (χ3n) is 3.69. The van der Waals surface area contributed by atoms with Crippen LogP contribution >= 0.6 is 0 Å². The highest BCUT2D eigenvalue weighted by Crippen LogP contribution is 2.26. The van der Waals surface area contributed by atoms with Gasteiger partial charge in [-0.2, -0.15) is 0 Å². The second kappa shape index (κ2) is 7.55. The maximum Gasteiger partial charge on any atom is 0.313 e. The maximum atomic E-state index is 12.2. The van der Waals surface area contributed by atoms with Crippen molar-refractivity contribution in [2.24, 2.45) is 5.92 Å². The van der Waals surface area contributed by atoms with Gasteiger partial charge in [-0.05, 0) is 16.9 Å². The smallest absolute Gasteiger partial charge is 0.313 e. The zero-order chi connectivity index (χ0) is 18.5. The topological polar surface area (TPSA) is 127 Å². The summed E-state index contributed by atoms with van der Waals surface area (Å²) in [6.45, 7) is 1.40. The number of carbonyl (C=O) groups excluding carboxylic acids is 1. The number of para-hydroxylation sites is 1. The molecule has 1 aromatic carbocycles. The summed E-state index contributed by atoms with van der Waals surface area (Å²) in [7, 11) is 0. The van der Waals surface area contributed by atoms with Gasteiger partial charge in [-0.3, -0.25) is 9.59 Å². The highest BCUT2D eigenvalue weighted by atomic mass is 16.7. The average Bonchev–Trinajstić information content (AvgIpc) is 3.27. The molecule has 0 aliphatic rings. The lowest BCUT2D eigenvalue weighted by Crippen LogP contribution is -2.51. The number of aliphatic carboxylic acids is 1. The number of nitrogens with zero attached hydrogens (tertiary/aromatic N) is 5. The van der Waals surface area contributed by atoms with Crippen LogP contribution in [0.2, 0.25) is 0 Å². The van der Waals surface area contributed by atoms with Crippen molar-refractivity contribution in [2.75, 3.05) is 0 Å². The van der Waals surface area contributed by atoms with Crippen molar-refractivity contribution in [1.29, 1.82) is 0 Å². The number of hydrogen-bond donors (Lipinski definition) is 2. The molecular weight excluding hydrogens is 340 g/mol. The fourth-order valence-electron chi connectivity index (χ4n) is 2.32. The molecule has 26 heavy (non-hydrogen) atoms. The first-order valence-corrected chi connectivity index (χ1v) is 7.86. The Balaban J connectivity index is 1.78. The number of hydrogen-bond acceptors (Lipinski definition) is 6. The third-order valence-corrected chi connectivity index (χ3v) is 3.69. The van der Waals surface area contributed by atoms with E-state index < -0.39 is 11.9 Å². The highest BCUT2D eigenvalue weighted by molar-refractivity contribution is 5.83. The molecule has 0 radical (unpaired) electrons. The first kappa shape index (κ1) is 17.3. The van der Waals surface area contributed by atoms with E-state index in [2.05, 4.69) is 20.3 Å². The number of carboxylic acids is 1. The van der Waals surface area contributed by atoms with E-state index in [1.807, 2.05) is 12.1 Å². The Kier molecular flexibility index (Phi) is 5.02. The van der Waals surface area contributed by atoms with Crippen molar-refractivity contribution in [2.45, 2.75) is 19.9 Å². The van der Waals surface area contributed by atoms with E-state index in [0.29, 0.717) is 11.6 Å². The molecule has 0 saturated heterocycles. The number of carboxylic acid groups (broad SMARTS) is 1. The first-order valence-electron chi connectivity index (χ1n) is 7.86. The highest BCUT2D eigenvalue weighted by Gasteiger charge is 2.23. The second-order valence-electron chi connectivity index (χ2n) is 5.64. The van der Waals surface area contributed by atoms with Gasteiger partial charge in [0.15, 0.2) is 23.3 Å². The first-order chi connectivity index (χ1) is 12.5. The predicted octanol–water partition coefficient (Wildman–Crippen LogP) is 0.478. The van der Waals surface area contributed by atoms with Crippen molar-refractivity contribution in [3.8, 4) is 17.1 Å². The lowest BCUT2D eigenvalue weighted by molar-refractivity contribution is -0.836. The van der Waals surface area contributed by atoms with E-state index in [0.717, 1.165) is 5.56 Å². The molecular formula is C16H17N6O4+. The number of nitrogens with one attached hydrogen (secondary N) is 1. The molecule has 0 aliphatic carbocycles. The van der Waals surface area contributed by atoms with Gasteiger partial charge in [0.05, 0.1) is 17.1 Å². The van der Waals surface area contributed by atoms with Gasteiger partial charge in [-0.1, -0.05) is 19.1 Å². The summed E-state index contributed by atoms with van der Waals surface area (Å²) >= 11 is 0. The van der Waals surface area contributed by atoms with E-state index in [9.17, 15) is 9.59 Å². The van der Waals surface area contributed by atoms with Crippen LogP contribution in [0.5, 0.6) is 5.75 Å². The van der Waals surface area contributed by atoms with Crippen LogP contribution in [-0.4, -0.2) is 42.0 Å². The molecule has 0 spiro atoms. The van der Waals surface area contributed by atoms with Crippen molar-refractivity contribution >= 4 is 11.8 Å². The molecule has 0 bridgehead atoms. The standard InChI is InChI=1S/C16H16N6O4/c1-11(8-15(24)25)13(23)9-21-20-19-10-22(21)26-14-5-3-2-4-12(14)16-17-6-7-18-16/h2-7,10-11H,8-9H2,1H3,(H-,17,18,24,25)/p+1. The van der Waals surface area contributed by atoms with Crippen LogP contribution in [0.15, 0.2) is 43.0 Å². The molecule has 2 aromatic heterocycles. The molecule has 3 aromatic rings. The van der Waals surface area contributed by atoms with E-state index >= 15 is 0 Å². The summed E-state index contributed by atoms with van der Waals surface area (Å²) in [6.07, 6.45) is 4.41. The fraction of sp³-hybridized carbons (Fsp3) is 0.250. The van der Waals surface area contributed by atoms with Crippen LogP contribution in [-0.2, 0) is 16.1 Å². The number of aromatic nitrogens is 6. The normalized spacial score (nSPS) is 11.9. The number of H-pyrrole nitrogens is 1. The molecule has 0 fully saturated rings. The molecule has 1 unspecified atom stereocenters. The van der Waals surface area contributed by atoms with Gasteiger partial charge in [0, 0.05) is 23.2 Å². The summed E-state index contributed by atoms with van der Waals surface area (Å²) < 4.78 is 0. The van der Waals surface area contributed by atoms with E-state index in [4.69, 9.17) is 9.94 Å². The number of tetrazole rings is 1. The number of carbonyl (C=O) groups is 2. The van der Waals surface area contributed by atoms with Gasteiger partial charge >= 0.3 is 12.3 Å². The molecule has 0 amide bonds. The van der Waals surface area contributed by atoms with E-state index in [1.54, 1.807) is 31.5 Å². The van der Waals surface area contributed by atoms with Crippen molar-refractivity contribution in [1.82, 2.24) is 25.1 Å². The fourth-order valence-corrected chi connectivity index (χ4v) is 2.32. The minimum atomic E-state index is -1.03. The summed E-state index contributed by atoms with van der Waals surface area (Å²) in [5.41, 5.74) is 0.725. The lowest BCUT2D eigenvalue weighted by Gasteiger charge is -2.09. The molecule has 0 saturated carbocycles. The van der Waals surface area contributed by atoms with Crippen molar-refractivity contribution in [3.63, 3.8) is 0 Å². The van der Waals surface area contributed by atoms with Crippen LogP contribution in [0.1, 0.15) is 13.3 Å². The van der Waals surface area contributed by atoms with Gasteiger partial charge in [-0.25, -0.2) is 4.98 Å². The predicted molar refractivity (Wildman–Crippen MR) is 86.7 cm³/mol. The number of benzene rings is 1. The Hall–Kier alpha value is -3.56. The van der Waals surface area contributed by atoms with Gasteiger partial charge < -0.3 is 14.9 Å². The third kappa shape index (κ3) is 3.91. The van der Waals surface area contributed by atoms with Crippen LogP contribution in [0.25, 0.3) is 11.4 Å². The Morgan fingerprint density at radius 2 is 2.19 bits per heavy atom. The number of Topliss-reactive ketones (excluding diaryl/α,β-unsaturated/α-hetero) is 1. The summed E-state index contributed by atoms with van der Waals surface area (Å²) in [6, 6.07) is 7.23. The average molecular weight is 357 g/mol. The molecule has 2 heterocycles. The zero-order valence-electron chi connectivity index (χ0n) is 13.9. The van der Waals surface area contributed by atoms with Crippen LogP contribution in [0, 0.1) is 5.92 Å². The Morgan fingerprint density at radius 1 is 1.38 bits per heavy atom. The molecule has 10 heteroatoms. The van der Waals surface area contributed by atoms with Crippen LogP contribution < -0.4 is 9.63 Å². The SMILES string of the molecule is CC(CC(=O)O)C(=O)C[n+]1nncn1Oc1ccccc1-c1ncc[nH]1. The number of ketones is 1. The minimum absolute atomic E-state index is 0.155. The van der Waals surface area contributed by atoms with Crippen LogP contribution in [0.3, 0.4) is 0 Å². The van der Waals surface area contributed by atoms with Gasteiger partial charge in [-0.15, -0.1) is 0 Å². The van der Waals surface area contributed by atoms with Gasteiger partial charge in [0.2, 0.25) is 0 Å².